The third-order valence-electron chi connectivity index (χ3n) is 3.09. The Balaban J connectivity index is 1.76. The average molecular weight is 340 g/mol. The van der Waals surface area contributed by atoms with Gasteiger partial charge in [-0.2, -0.15) is 0 Å². The van der Waals surface area contributed by atoms with E-state index in [9.17, 15) is 0 Å². The molecular formula is C13H14BrN3OS. The number of morpholine rings is 1. The molecule has 1 aliphatic heterocycles. The molecule has 1 aromatic carbocycles. The van der Waals surface area contributed by atoms with Crippen molar-refractivity contribution >= 4 is 32.4 Å². The third-order valence-corrected chi connectivity index (χ3v) is 4.52. The molecule has 2 heterocycles. The zero-order valence-electron chi connectivity index (χ0n) is 10.5. The Bertz CT molecular complexity index is 557. The van der Waals surface area contributed by atoms with Crippen molar-refractivity contribution < 1.29 is 4.74 Å². The number of nitrogens with zero attached hydrogens (tertiary/aromatic N) is 3. The Hall–Kier alpha value is -0.980. The molecule has 0 amide bonds. The van der Waals surface area contributed by atoms with E-state index in [4.69, 9.17) is 4.74 Å². The first-order valence-electron chi connectivity index (χ1n) is 6.14. The van der Waals surface area contributed by atoms with Crippen LogP contribution in [0.2, 0.25) is 0 Å². The summed E-state index contributed by atoms with van der Waals surface area (Å²) in [6, 6.07) is 8.30. The number of hydrogen-bond acceptors (Lipinski definition) is 5. The second kappa shape index (κ2) is 5.56. The summed E-state index contributed by atoms with van der Waals surface area (Å²) < 4.78 is 6.95. The Morgan fingerprint density at radius 1 is 1.32 bits per heavy atom. The zero-order valence-corrected chi connectivity index (χ0v) is 12.9. The molecule has 0 saturated carbocycles. The molecule has 1 saturated heterocycles. The lowest BCUT2D eigenvalue weighted by Crippen LogP contribution is -2.38. The number of anilines is 1. The summed E-state index contributed by atoms with van der Waals surface area (Å²) in [4.78, 5) is 2.25. The summed E-state index contributed by atoms with van der Waals surface area (Å²) in [5.74, 6) is 0. The topological polar surface area (TPSA) is 38.2 Å². The van der Waals surface area contributed by atoms with E-state index in [1.165, 1.54) is 5.56 Å². The van der Waals surface area contributed by atoms with E-state index in [1.807, 2.05) is 19.1 Å². The van der Waals surface area contributed by atoms with Crippen LogP contribution in [0.3, 0.4) is 0 Å². The lowest BCUT2D eigenvalue weighted by atomic mass is 10.1. The molecular weight excluding hydrogens is 326 g/mol. The molecule has 0 aliphatic carbocycles. The molecule has 6 heteroatoms. The number of halogens is 1. The van der Waals surface area contributed by atoms with Crippen molar-refractivity contribution in [3.63, 3.8) is 0 Å². The lowest BCUT2D eigenvalue weighted by molar-refractivity contribution is 0.0397. The van der Waals surface area contributed by atoms with Gasteiger partial charge in [-0.25, -0.2) is 0 Å². The first-order chi connectivity index (χ1) is 9.22. The SMILES string of the molecule is Cc1nnc(N2CCO[C@@H](c3ccc(Br)cc3)C2)s1. The fraction of sp³-hybridized carbons (Fsp3) is 0.385. The third kappa shape index (κ3) is 2.96. The van der Waals surface area contributed by atoms with Crippen molar-refractivity contribution in [2.75, 3.05) is 24.6 Å². The van der Waals surface area contributed by atoms with E-state index in [0.29, 0.717) is 0 Å². The fourth-order valence-electron chi connectivity index (χ4n) is 2.12. The van der Waals surface area contributed by atoms with Gasteiger partial charge in [0.2, 0.25) is 5.13 Å². The molecule has 2 aromatic rings. The minimum absolute atomic E-state index is 0.103. The number of benzene rings is 1. The summed E-state index contributed by atoms with van der Waals surface area (Å²) in [5, 5.41) is 10.3. The summed E-state index contributed by atoms with van der Waals surface area (Å²) in [6.45, 7) is 4.41. The van der Waals surface area contributed by atoms with Crippen LogP contribution < -0.4 is 4.90 Å². The highest BCUT2D eigenvalue weighted by Crippen LogP contribution is 2.28. The number of aryl methyl sites for hydroxylation is 1. The van der Waals surface area contributed by atoms with Gasteiger partial charge in [0.1, 0.15) is 11.1 Å². The van der Waals surface area contributed by atoms with Crippen LogP contribution >= 0.6 is 27.3 Å². The molecule has 100 valence electrons. The quantitative estimate of drug-likeness (QED) is 0.842. The van der Waals surface area contributed by atoms with Gasteiger partial charge in [-0.3, -0.25) is 0 Å². The van der Waals surface area contributed by atoms with E-state index in [-0.39, 0.29) is 6.10 Å². The van der Waals surface area contributed by atoms with Gasteiger partial charge in [-0.15, -0.1) is 10.2 Å². The first kappa shape index (κ1) is 13.0. The van der Waals surface area contributed by atoms with E-state index in [0.717, 1.165) is 34.3 Å². The monoisotopic (exact) mass is 339 g/mol. The molecule has 19 heavy (non-hydrogen) atoms. The lowest BCUT2D eigenvalue weighted by Gasteiger charge is -2.32. The molecule has 1 fully saturated rings. The first-order valence-corrected chi connectivity index (χ1v) is 7.75. The molecule has 0 spiro atoms. The average Bonchev–Trinajstić information content (AvgIpc) is 2.86. The van der Waals surface area contributed by atoms with Gasteiger partial charge >= 0.3 is 0 Å². The maximum absolute atomic E-state index is 5.86. The van der Waals surface area contributed by atoms with Crippen LogP contribution in [-0.4, -0.2) is 29.9 Å². The number of rotatable bonds is 2. The predicted octanol–water partition coefficient (Wildman–Crippen LogP) is 3.19. The fourth-order valence-corrected chi connectivity index (χ4v) is 3.10. The molecule has 0 N–H and O–H groups in total. The summed E-state index contributed by atoms with van der Waals surface area (Å²) >= 11 is 5.09. The van der Waals surface area contributed by atoms with Crippen LogP contribution in [0.4, 0.5) is 5.13 Å². The normalized spacial score (nSPS) is 19.7. The molecule has 0 bridgehead atoms. The van der Waals surface area contributed by atoms with Gasteiger partial charge < -0.3 is 9.64 Å². The maximum Gasteiger partial charge on any atom is 0.208 e. The number of ether oxygens (including phenoxy) is 1. The van der Waals surface area contributed by atoms with Gasteiger partial charge in [-0.05, 0) is 24.6 Å². The number of aromatic nitrogens is 2. The Kier molecular flexibility index (Phi) is 3.81. The molecule has 3 rings (SSSR count). The van der Waals surface area contributed by atoms with Gasteiger partial charge in [0.15, 0.2) is 0 Å². The van der Waals surface area contributed by atoms with Crippen LogP contribution in [0.5, 0.6) is 0 Å². The van der Waals surface area contributed by atoms with Crippen LogP contribution in [0.1, 0.15) is 16.7 Å². The highest BCUT2D eigenvalue weighted by molar-refractivity contribution is 9.10. The van der Waals surface area contributed by atoms with E-state index in [2.05, 4.69) is 43.2 Å². The number of hydrogen-bond donors (Lipinski definition) is 0. The summed E-state index contributed by atoms with van der Waals surface area (Å²) in [5.41, 5.74) is 1.20. The Morgan fingerprint density at radius 2 is 2.11 bits per heavy atom. The summed E-state index contributed by atoms with van der Waals surface area (Å²) in [7, 11) is 0. The van der Waals surface area contributed by atoms with Crippen molar-refractivity contribution in [2.24, 2.45) is 0 Å². The minimum Gasteiger partial charge on any atom is -0.370 e. The van der Waals surface area contributed by atoms with Crippen molar-refractivity contribution in [1.82, 2.24) is 10.2 Å². The highest BCUT2D eigenvalue weighted by Gasteiger charge is 2.24. The maximum atomic E-state index is 5.86. The van der Waals surface area contributed by atoms with Crippen LogP contribution in [0, 0.1) is 6.92 Å². The molecule has 1 aromatic heterocycles. The van der Waals surface area contributed by atoms with Gasteiger partial charge in [-0.1, -0.05) is 39.4 Å². The van der Waals surface area contributed by atoms with Crippen LogP contribution in [0.15, 0.2) is 28.7 Å². The van der Waals surface area contributed by atoms with E-state index >= 15 is 0 Å². The van der Waals surface area contributed by atoms with E-state index < -0.39 is 0 Å². The molecule has 1 atom stereocenters. The van der Waals surface area contributed by atoms with Gasteiger partial charge in [0, 0.05) is 11.0 Å². The molecule has 1 aliphatic rings. The van der Waals surface area contributed by atoms with Crippen LogP contribution in [-0.2, 0) is 4.74 Å². The Morgan fingerprint density at radius 3 is 2.79 bits per heavy atom. The second-order valence-electron chi connectivity index (χ2n) is 4.46. The van der Waals surface area contributed by atoms with Crippen molar-refractivity contribution in [2.45, 2.75) is 13.0 Å². The smallest absolute Gasteiger partial charge is 0.208 e. The molecule has 4 nitrogen and oxygen atoms in total. The summed E-state index contributed by atoms with van der Waals surface area (Å²) in [6.07, 6.45) is 0.103. The van der Waals surface area contributed by atoms with E-state index in [1.54, 1.807) is 11.3 Å². The predicted molar refractivity (Wildman–Crippen MR) is 79.7 cm³/mol. The second-order valence-corrected chi connectivity index (χ2v) is 6.54. The largest absolute Gasteiger partial charge is 0.370 e. The zero-order chi connectivity index (χ0) is 13.2. The van der Waals surface area contributed by atoms with Crippen LogP contribution in [0.25, 0.3) is 0 Å². The minimum atomic E-state index is 0.103. The molecule has 0 unspecified atom stereocenters. The Labute approximate surface area is 124 Å². The van der Waals surface area contributed by atoms with Crippen molar-refractivity contribution in [3.8, 4) is 0 Å². The van der Waals surface area contributed by atoms with Gasteiger partial charge in [0.25, 0.3) is 0 Å². The standard InChI is InChI=1S/C13H14BrN3OS/c1-9-15-16-13(19-9)17-6-7-18-12(8-17)10-2-4-11(14)5-3-10/h2-5,12H,6-8H2,1H3/t12-/m1/s1. The van der Waals surface area contributed by atoms with Crippen molar-refractivity contribution in [3.05, 3.63) is 39.3 Å². The highest BCUT2D eigenvalue weighted by atomic mass is 79.9. The van der Waals surface area contributed by atoms with Crippen molar-refractivity contribution in [1.29, 1.82) is 0 Å². The molecule has 0 radical (unpaired) electrons. The van der Waals surface area contributed by atoms with Gasteiger partial charge in [0.05, 0.1) is 13.2 Å².